The molecular formula is C25H36N4O5. The molecule has 0 saturated heterocycles. The van der Waals surface area contributed by atoms with Crippen LogP contribution < -0.4 is 16.0 Å². The standard InChI is InChI=1S/C25H36N4O5/c1-6-7-12-28-22-21(27(17-26-22)13-14-33-5)23(31)29(24(28)32)15-19(30)16-34-20-10-8-18(9-11-20)25(2,3)4/h8-11,17,19,30H,6-7,12-16H2,1-5H3/t19-/m1/s1. The molecule has 2 heterocycles. The molecule has 9 heteroatoms. The average molecular weight is 473 g/mol. The van der Waals surface area contributed by atoms with Crippen molar-refractivity contribution in [2.45, 2.75) is 71.7 Å². The Kier molecular flexibility index (Phi) is 8.33. The van der Waals surface area contributed by atoms with Crippen molar-refractivity contribution in [3.63, 3.8) is 0 Å². The number of aromatic nitrogens is 4. The van der Waals surface area contributed by atoms with E-state index >= 15 is 0 Å². The molecule has 1 N–H and O–H groups in total. The summed E-state index contributed by atoms with van der Waals surface area (Å²) in [6.07, 6.45) is 2.18. The lowest BCUT2D eigenvalue weighted by Gasteiger charge is -2.19. The smallest absolute Gasteiger partial charge is 0.332 e. The van der Waals surface area contributed by atoms with Crippen LogP contribution >= 0.6 is 0 Å². The van der Waals surface area contributed by atoms with E-state index in [9.17, 15) is 14.7 Å². The maximum absolute atomic E-state index is 13.3. The lowest BCUT2D eigenvalue weighted by molar-refractivity contribution is 0.0901. The van der Waals surface area contributed by atoms with E-state index in [0.717, 1.165) is 17.4 Å². The number of hydrogen-bond donors (Lipinski definition) is 1. The quantitative estimate of drug-likeness (QED) is 0.460. The maximum atomic E-state index is 13.3. The predicted octanol–water partition coefficient (Wildman–Crippen LogP) is 2.54. The fraction of sp³-hybridized carbons (Fsp3) is 0.560. The van der Waals surface area contributed by atoms with Gasteiger partial charge in [0.05, 0.1) is 19.5 Å². The number of rotatable bonds is 11. The SMILES string of the molecule is CCCCn1c(=O)n(C[C@@H](O)COc2ccc(C(C)(C)C)cc2)c(=O)c2c1ncn2CCOC. The van der Waals surface area contributed by atoms with E-state index in [0.29, 0.717) is 36.6 Å². The number of ether oxygens (including phenoxy) is 2. The first-order valence-corrected chi connectivity index (χ1v) is 11.8. The van der Waals surface area contributed by atoms with Crippen molar-refractivity contribution >= 4 is 11.2 Å². The summed E-state index contributed by atoms with van der Waals surface area (Å²) in [6.45, 7) is 9.51. The number of hydrogen-bond acceptors (Lipinski definition) is 6. The van der Waals surface area contributed by atoms with Crippen molar-refractivity contribution < 1.29 is 14.6 Å². The number of nitrogens with zero attached hydrogens (tertiary/aromatic N) is 4. The third-order valence-corrected chi connectivity index (χ3v) is 5.81. The highest BCUT2D eigenvalue weighted by atomic mass is 16.5. The second-order valence-electron chi connectivity index (χ2n) is 9.55. The van der Waals surface area contributed by atoms with Crippen LogP contribution in [0.1, 0.15) is 46.1 Å². The molecule has 0 aliphatic carbocycles. The number of benzene rings is 1. The van der Waals surface area contributed by atoms with Gasteiger partial charge in [-0.25, -0.2) is 9.78 Å². The van der Waals surface area contributed by atoms with Crippen LogP contribution in [-0.4, -0.2) is 50.2 Å². The van der Waals surface area contributed by atoms with Crippen molar-refractivity contribution in [3.05, 3.63) is 57.0 Å². The summed E-state index contributed by atoms with van der Waals surface area (Å²) in [6, 6.07) is 7.71. The minimum absolute atomic E-state index is 0.0330. The van der Waals surface area contributed by atoms with E-state index < -0.39 is 17.4 Å². The average Bonchev–Trinajstić information content (AvgIpc) is 3.22. The molecule has 3 rings (SSSR count). The first-order chi connectivity index (χ1) is 16.2. The van der Waals surface area contributed by atoms with Crippen LogP contribution in [0.15, 0.2) is 40.2 Å². The first-order valence-electron chi connectivity index (χ1n) is 11.8. The zero-order valence-electron chi connectivity index (χ0n) is 20.8. The number of methoxy groups -OCH3 is 1. The molecule has 0 aliphatic rings. The topological polar surface area (TPSA) is 101 Å². The molecule has 186 valence electrons. The van der Waals surface area contributed by atoms with Gasteiger partial charge >= 0.3 is 5.69 Å². The molecular weight excluding hydrogens is 436 g/mol. The fourth-order valence-electron chi connectivity index (χ4n) is 3.78. The van der Waals surface area contributed by atoms with Gasteiger partial charge in [-0.15, -0.1) is 0 Å². The van der Waals surface area contributed by atoms with Gasteiger partial charge in [-0.1, -0.05) is 46.2 Å². The summed E-state index contributed by atoms with van der Waals surface area (Å²) in [5, 5.41) is 10.6. The van der Waals surface area contributed by atoms with Gasteiger partial charge in [0.25, 0.3) is 5.56 Å². The third kappa shape index (κ3) is 5.77. The minimum Gasteiger partial charge on any atom is -0.491 e. The Hall–Kier alpha value is -2.91. The minimum atomic E-state index is -1.04. The Labute approximate surface area is 199 Å². The molecule has 1 aromatic carbocycles. The normalized spacial score (nSPS) is 12.9. The molecule has 9 nitrogen and oxygen atoms in total. The van der Waals surface area contributed by atoms with E-state index in [1.165, 1.54) is 10.1 Å². The lowest BCUT2D eigenvalue weighted by atomic mass is 9.87. The van der Waals surface area contributed by atoms with Gasteiger partial charge in [-0.05, 0) is 29.5 Å². The molecule has 3 aromatic rings. The second-order valence-corrected chi connectivity index (χ2v) is 9.55. The largest absolute Gasteiger partial charge is 0.491 e. The summed E-state index contributed by atoms with van der Waals surface area (Å²) in [5.41, 5.74) is 0.953. The number of unbranched alkanes of at least 4 members (excludes halogenated alkanes) is 1. The Morgan fingerprint density at radius 2 is 1.79 bits per heavy atom. The van der Waals surface area contributed by atoms with Crippen LogP contribution in [0.5, 0.6) is 5.75 Å². The fourth-order valence-corrected chi connectivity index (χ4v) is 3.78. The molecule has 0 spiro atoms. The summed E-state index contributed by atoms with van der Waals surface area (Å²) in [5.74, 6) is 0.618. The molecule has 0 saturated carbocycles. The van der Waals surface area contributed by atoms with Crippen LogP contribution in [0.3, 0.4) is 0 Å². The number of fused-ring (bicyclic) bond motifs is 1. The molecule has 34 heavy (non-hydrogen) atoms. The van der Waals surface area contributed by atoms with Gasteiger partial charge in [0.1, 0.15) is 18.5 Å². The van der Waals surface area contributed by atoms with Crippen molar-refractivity contribution in [1.82, 2.24) is 18.7 Å². The van der Waals surface area contributed by atoms with Crippen molar-refractivity contribution in [1.29, 1.82) is 0 Å². The zero-order valence-corrected chi connectivity index (χ0v) is 20.8. The predicted molar refractivity (Wildman–Crippen MR) is 132 cm³/mol. The van der Waals surface area contributed by atoms with Crippen molar-refractivity contribution in [2.24, 2.45) is 0 Å². The number of aliphatic hydroxyl groups is 1. The van der Waals surface area contributed by atoms with Crippen LogP contribution in [0.2, 0.25) is 0 Å². The van der Waals surface area contributed by atoms with E-state index in [-0.39, 0.29) is 18.6 Å². The van der Waals surface area contributed by atoms with Gasteiger partial charge in [0.15, 0.2) is 11.2 Å². The van der Waals surface area contributed by atoms with E-state index in [2.05, 4.69) is 25.8 Å². The highest BCUT2D eigenvalue weighted by molar-refractivity contribution is 5.70. The highest BCUT2D eigenvalue weighted by Crippen LogP contribution is 2.24. The summed E-state index contributed by atoms with van der Waals surface area (Å²) in [7, 11) is 1.58. The lowest BCUT2D eigenvalue weighted by Crippen LogP contribution is -2.44. The number of aliphatic hydroxyl groups excluding tert-OH is 1. The highest BCUT2D eigenvalue weighted by Gasteiger charge is 2.20. The molecule has 1 atom stereocenters. The Balaban J connectivity index is 1.84. The Morgan fingerprint density at radius 1 is 1.09 bits per heavy atom. The number of aryl methyl sites for hydroxylation is 1. The van der Waals surface area contributed by atoms with E-state index in [1.807, 2.05) is 31.2 Å². The number of imidazole rings is 1. The third-order valence-electron chi connectivity index (χ3n) is 5.81. The molecule has 0 fully saturated rings. The van der Waals surface area contributed by atoms with E-state index in [4.69, 9.17) is 9.47 Å². The molecule has 0 radical (unpaired) electrons. The van der Waals surface area contributed by atoms with Crippen LogP contribution in [0, 0.1) is 0 Å². The van der Waals surface area contributed by atoms with Gasteiger partial charge < -0.3 is 19.1 Å². The summed E-state index contributed by atoms with van der Waals surface area (Å²) in [4.78, 5) is 30.8. The Bertz CT molecular complexity index is 1200. The van der Waals surface area contributed by atoms with E-state index in [1.54, 1.807) is 18.0 Å². The Morgan fingerprint density at radius 3 is 2.41 bits per heavy atom. The van der Waals surface area contributed by atoms with Crippen LogP contribution in [-0.2, 0) is 29.8 Å². The monoisotopic (exact) mass is 472 g/mol. The van der Waals surface area contributed by atoms with Crippen molar-refractivity contribution in [3.8, 4) is 5.75 Å². The zero-order chi connectivity index (χ0) is 24.9. The van der Waals surface area contributed by atoms with Gasteiger partial charge in [-0.2, -0.15) is 0 Å². The van der Waals surface area contributed by atoms with Gasteiger partial charge in [0, 0.05) is 20.2 Å². The van der Waals surface area contributed by atoms with Crippen LogP contribution in [0.25, 0.3) is 11.2 Å². The maximum Gasteiger partial charge on any atom is 0.332 e. The molecule has 0 bridgehead atoms. The first kappa shape index (κ1) is 25.7. The second kappa shape index (κ2) is 11.0. The van der Waals surface area contributed by atoms with Gasteiger partial charge in [0.2, 0.25) is 0 Å². The summed E-state index contributed by atoms with van der Waals surface area (Å²) < 4.78 is 15.2. The molecule has 0 unspecified atom stereocenters. The molecule has 2 aromatic heterocycles. The van der Waals surface area contributed by atoms with Crippen LogP contribution in [0.4, 0.5) is 0 Å². The molecule has 0 aliphatic heterocycles. The summed E-state index contributed by atoms with van der Waals surface area (Å²) >= 11 is 0. The van der Waals surface area contributed by atoms with Gasteiger partial charge in [-0.3, -0.25) is 13.9 Å². The molecule has 0 amide bonds. The van der Waals surface area contributed by atoms with Crippen molar-refractivity contribution in [2.75, 3.05) is 20.3 Å².